The van der Waals surface area contributed by atoms with Crippen molar-refractivity contribution in [3.05, 3.63) is 77.7 Å². The summed E-state index contributed by atoms with van der Waals surface area (Å²) in [5.74, 6) is 8.37. The second-order valence-electron chi connectivity index (χ2n) is 8.88. The molecule has 1 aliphatic rings. The standard InChI is InChI=1S/C27H26N4O3/c1-27(2,28)11-10-18-12-22-26(29-14-18)31(17-30-22)15-19-4-9-23-24(13-19)33-16-25(34-23)20-5-7-21(32-3)8-6-20/h4-9,12-14,17,25H,15-16,28H2,1-3H3. The fraction of sp³-hybridized carbons (Fsp3) is 0.259. The topological polar surface area (TPSA) is 84.4 Å². The van der Waals surface area contributed by atoms with Gasteiger partial charge in [0.25, 0.3) is 0 Å². The van der Waals surface area contributed by atoms with Crippen LogP contribution in [0.1, 0.15) is 36.6 Å². The molecule has 0 aliphatic carbocycles. The van der Waals surface area contributed by atoms with Gasteiger partial charge in [-0.05, 0) is 55.3 Å². The average molecular weight is 455 g/mol. The number of methoxy groups -OCH3 is 1. The molecule has 0 saturated carbocycles. The van der Waals surface area contributed by atoms with E-state index in [9.17, 15) is 0 Å². The van der Waals surface area contributed by atoms with E-state index in [-0.39, 0.29) is 6.10 Å². The van der Waals surface area contributed by atoms with Gasteiger partial charge in [0, 0.05) is 11.8 Å². The molecule has 0 spiro atoms. The number of hydrogen-bond donors (Lipinski definition) is 1. The molecule has 1 unspecified atom stereocenters. The SMILES string of the molecule is COc1ccc(C2COc3cc(Cn4cnc5cc(C#CC(C)(C)N)cnc54)ccc3O2)cc1. The number of imidazole rings is 1. The average Bonchev–Trinajstić information content (AvgIpc) is 3.24. The molecule has 0 radical (unpaired) electrons. The van der Waals surface area contributed by atoms with Gasteiger partial charge in [-0.15, -0.1) is 0 Å². The summed E-state index contributed by atoms with van der Waals surface area (Å²) in [5, 5.41) is 0. The molecule has 3 heterocycles. The number of nitrogens with two attached hydrogens (primary N) is 1. The van der Waals surface area contributed by atoms with Crippen LogP contribution in [0.4, 0.5) is 0 Å². The number of benzene rings is 2. The summed E-state index contributed by atoms with van der Waals surface area (Å²) in [7, 11) is 1.65. The van der Waals surface area contributed by atoms with Gasteiger partial charge in [-0.1, -0.05) is 30.0 Å². The van der Waals surface area contributed by atoms with Crippen LogP contribution in [0.3, 0.4) is 0 Å². The zero-order chi connectivity index (χ0) is 23.7. The maximum atomic E-state index is 6.19. The minimum atomic E-state index is -0.554. The van der Waals surface area contributed by atoms with Crippen LogP contribution >= 0.6 is 0 Å². The minimum Gasteiger partial charge on any atom is -0.497 e. The summed E-state index contributed by atoms with van der Waals surface area (Å²) in [6.07, 6.45) is 3.38. The third kappa shape index (κ3) is 4.68. The Labute approximate surface area is 198 Å². The first kappa shape index (κ1) is 21.8. The molecule has 1 aliphatic heterocycles. The largest absolute Gasteiger partial charge is 0.497 e. The molecular weight excluding hydrogens is 428 g/mol. The zero-order valence-electron chi connectivity index (χ0n) is 19.4. The van der Waals surface area contributed by atoms with Gasteiger partial charge in [0.15, 0.2) is 23.3 Å². The van der Waals surface area contributed by atoms with Crippen LogP contribution in [0.25, 0.3) is 11.2 Å². The number of rotatable bonds is 4. The van der Waals surface area contributed by atoms with Crippen molar-refractivity contribution in [1.29, 1.82) is 0 Å². The van der Waals surface area contributed by atoms with E-state index in [0.29, 0.717) is 13.2 Å². The molecule has 2 aromatic carbocycles. The highest BCUT2D eigenvalue weighted by atomic mass is 16.6. The number of hydrogen-bond acceptors (Lipinski definition) is 6. The fourth-order valence-electron chi connectivity index (χ4n) is 3.76. The Morgan fingerprint density at radius 2 is 1.94 bits per heavy atom. The van der Waals surface area contributed by atoms with Gasteiger partial charge in [0.1, 0.15) is 17.9 Å². The molecule has 1 atom stereocenters. The van der Waals surface area contributed by atoms with E-state index < -0.39 is 5.54 Å². The van der Waals surface area contributed by atoms with Gasteiger partial charge in [-0.25, -0.2) is 9.97 Å². The summed E-state index contributed by atoms with van der Waals surface area (Å²) >= 11 is 0. The van der Waals surface area contributed by atoms with Gasteiger partial charge in [0.05, 0.1) is 25.5 Å². The summed E-state index contributed by atoms with van der Waals surface area (Å²) in [5.41, 5.74) is 9.89. The highest BCUT2D eigenvalue weighted by Gasteiger charge is 2.23. The Hall–Kier alpha value is -4.02. The highest BCUT2D eigenvalue weighted by Crippen LogP contribution is 2.37. The van der Waals surface area contributed by atoms with Crippen molar-refractivity contribution in [3.8, 4) is 29.1 Å². The van der Waals surface area contributed by atoms with Crippen LogP contribution in [0.5, 0.6) is 17.2 Å². The predicted octanol–water partition coefficient (Wildman–Crippen LogP) is 4.09. The van der Waals surface area contributed by atoms with Gasteiger partial charge in [-0.2, -0.15) is 0 Å². The molecule has 172 valence electrons. The lowest BCUT2D eigenvalue weighted by atomic mass is 10.1. The Balaban J connectivity index is 1.32. The summed E-state index contributed by atoms with van der Waals surface area (Å²) in [6.45, 7) is 4.80. The lowest BCUT2D eigenvalue weighted by molar-refractivity contribution is 0.0911. The molecule has 7 heteroatoms. The molecule has 0 amide bonds. The van der Waals surface area contributed by atoms with Crippen LogP contribution in [0, 0.1) is 11.8 Å². The van der Waals surface area contributed by atoms with Crippen molar-refractivity contribution in [3.63, 3.8) is 0 Å². The van der Waals surface area contributed by atoms with Crippen molar-refractivity contribution < 1.29 is 14.2 Å². The third-order valence-electron chi connectivity index (χ3n) is 5.49. The quantitative estimate of drug-likeness (QED) is 0.468. The second-order valence-corrected chi connectivity index (χ2v) is 8.88. The van der Waals surface area contributed by atoms with E-state index in [1.54, 1.807) is 19.6 Å². The Kier molecular flexibility index (Phi) is 5.60. The normalized spacial score (nSPS) is 15.0. The molecule has 2 N–H and O–H groups in total. The molecule has 4 aromatic rings. The van der Waals surface area contributed by atoms with Gasteiger partial charge >= 0.3 is 0 Å². The maximum absolute atomic E-state index is 6.19. The highest BCUT2D eigenvalue weighted by molar-refractivity contribution is 5.72. The van der Waals surface area contributed by atoms with Crippen LogP contribution in [-0.4, -0.2) is 33.8 Å². The van der Waals surface area contributed by atoms with E-state index in [1.165, 1.54) is 0 Å². The molecule has 34 heavy (non-hydrogen) atoms. The number of nitrogens with zero attached hydrogens (tertiary/aromatic N) is 3. The zero-order valence-corrected chi connectivity index (χ0v) is 19.4. The predicted molar refractivity (Wildman–Crippen MR) is 130 cm³/mol. The molecule has 2 aromatic heterocycles. The molecule has 0 bridgehead atoms. The molecule has 0 saturated heterocycles. The van der Waals surface area contributed by atoms with Crippen molar-refractivity contribution in [2.75, 3.05) is 13.7 Å². The lowest BCUT2D eigenvalue weighted by Gasteiger charge is -2.27. The van der Waals surface area contributed by atoms with E-state index in [1.807, 2.05) is 66.9 Å². The van der Waals surface area contributed by atoms with Gasteiger partial charge < -0.3 is 24.5 Å². The summed E-state index contributed by atoms with van der Waals surface area (Å²) in [6, 6.07) is 15.8. The van der Waals surface area contributed by atoms with Crippen LogP contribution in [0.2, 0.25) is 0 Å². The molecule has 5 rings (SSSR count). The molecular formula is C27H26N4O3. The summed E-state index contributed by atoms with van der Waals surface area (Å²) < 4.78 is 19.5. The van der Waals surface area contributed by atoms with Gasteiger partial charge in [-0.3, -0.25) is 0 Å². The Morgan fingerprint density at radius 3 is 2.71 bits per heavy atom. The Bertz CT molecular complexity index is 1390. The maximum Gasteiger partial charge on any atom is 0.162 e. The number of fused-ring (bicyclic) bond motifs is 2. The number of pyridine rings is 1. The van der Waals surface area contributed by atoms with Crippen LogP contribution < -0.4 is 19.9 Å². The smallest absolute Gasteiger partial charge is 0.162 e. The van der Waals surface area contributed by atoms with Gasteiger partial charge in [0.2, 0.25) is 0 Å². The minimum absolute atomic E-state index is 0.159. The van der Waals surface area contributed by atoms with E-state index in [4.69, 9.17) is 19.9 Å². The number of aromatic nitrogens is 3. The van der Waals surface area contributed by atoms with Crippen LogP contribution in [-0.2, 0) is 6.54 Å². The summed E-state index contributed by atoms with van der Waals surface area (Å²) in [4.78, 5) is 9.07. The first-order chi connectivity index (χ1) is 16.4. The number of ether oxygens (including phenoxy) is 3. The lowest BCUT2D eigenvalue weighted by Crippen LogP contribution is -2.29. The second kappa shape index (κ2) is 8.73. The van der Waals surface area contributed by atoms with Crippen molar-refractivity contribution in [2.45, 2.75) is 32.0 Å². The van der Waals surface area contributed by atoms with Crippen molar-refractivity contribution in [2.24, 2.45) is 5.73 Å². The monoisotopic (exact) mass is 454 g/mol. The molecule has 7 nitrogen and oxygen atoms in total. The van der Waals surface area contributed by atoms with Crippen molar-refractivity contribution >= 4 is 11.2 Å². The van der Waals surface area contributed by atoms with Crippen LogP contribution in [0.15, 0.2) is 61.1 Å². The van der Waals surface area contributed by atoms with E-state index in [0.717, 1.165) is 45.1 Å². The van der Waals surface area contributed by atoms with E-state index in [2.05, 4.69) is 21.8 Å². The fourth-order valence-corrected chi connectivity index (χ4v) is 3.76. The van der Waals surface area contributed by atoms with E-state index >= 15 is 0 Å². The first-order valence-electron chi connectivity index (χ1n) is 11.1. The molecule has 0 fully saturated rings. The Morgan fingerprint density at radius 1 is 1.12 bits per heavy atom. The van der Waals surface area contributed by atoms with Crippen molar-refractivity contribution in [1.82, 2.24) is 14.5 Å². The third-order valence-corrected chi connectivity index (χ3v) is 5.49. The first-order valence-corrected chi connectivity index (χ1v) is 11.1.